The molecule has 1 rings (SSSR count). The van der Waals surface area contributed by atoms with Crippen LogP contribution in [0.15, 0.2) is 18.2 Å². The van der Waals surface area contributed by atoms with E-state index in [4.69, 9.17) is 20.3 Å². The molecule has 1 aromatic carbocycles. The topological polar surface area (TPSA) is 64.7 Å². The number of hydrogen-bond acceptors (Lipinski definition) is 4. The highest BCUT2D eigenvalue weighted by Crippen LogP contribution is 2.25. The largest absolute Gasteiger partial charge is 0.497 e. The molecule has 5 heteroatoms. The molecule has 86 valence electrons. The van der Waals surface area contributed by atoms with Crippen LogP contribution < -0.4 is 15.2 Å². The molecule has 0 heterocycles. The van der Waals surface area contributed by atoms with Crippen molar-refractivity contribution in [1.29, 1.82) is 0 Å². The summed E-state index contributed by atoms with van der Waals surface area (Å²) in [6.45, 7) is -0.101. The molecule has 0 fully saturated rings. The molecule has 0 saturated heterocycles. The molecule has 0 aliphatic carbocycles. The Morgan fingerprint density at radius 2 is 1.67 bits per heavy atom. The van der Waals surface area contributed by atoms with Crippen LogP contribution in [0.4, 0.5) is 0 Å². The van der Waals surface area contributed by atoms with Crippen LogP contribution in [0.2, 0.25) is 0 Å². The van der Waals surface area contributed by atoms with E-state index in [1.807, 2.05) is 0 Å². The highest BCUT2D eigenvalue weighted by Gasteiger charge is 2.08. The summed E-state index contributed by atoms with van der Waals surface area (Å²) >= 11 is 0. The van der Waals surface area contributed by atoms with Crippen LogP contribution in [0.3, 0.4) is 0 Å². The quantitative estimate of drug-likeness (QED) is 0.818. The van der Waals surface area contributed by atoms with Gasteiger partial charge in [-0.05, 0) is 17.7 Å². The molecule has 0 spiro atoms. The lowest BCUT2D eigenvalue weighted by Crippen LogP contribution is -2.14. The van der Waals surface area contributed by atoms with Crippen molar-refractivity contribution in [2.24, 2.45) is 5.73 Å². The average molecular weight is 234 g/mol. The zero-order chi connectivity index (χ0) is 10.6. The van der Waals surface area contributed by atoms with Gasteiger partial charge in [0.2, 0.25) is 0 Å². The number of halogens is 1. The van der Waals surface area contributed by atoms with Gasteiger partial charge in [0.1, 0.15) is 11.5 Å². The number of nitrogens with two attached hydrogens (primary N) is 1. The Morgan fingerprint density at radius 1 is 1.20 bits per heavy atom. The second-order valence-corrected chi connectivity index (χ2v) is 2.94. The normalized spacial score (nSPS) is 11.5. The van der Waals surface area contributed by atoms with E-state index >= 15 is 0 Å². The zero-order valence-corrected chi connectivity index (χ0v) is 9.58. The minimum Gasteiger partial charge on any atom is -0.497 e. The summed E-state index contributed by atoms with van der Waals surface area (Å²) in [5, 5.41) is 8.91. The van der Waals surface area contributed by atoms with Crippen LogP contribution >= 0.6 is 12.4 Å². The number of aliphatic hydroxyl groups is 1. The fourth-order valence-corrected chi connectivity index (χ4v) is 1.15. The van der Waals surface area contributed by atoms with Gasteiger partial charge >= 0.3 is 0 Å². The molecule has 1 atom stereocenters. The van der Waals surface area contributed by atoms with Crippen LogP contribution in [0, 0.1) is 0 Å². The van der Waals surface area contributed by atoms with E-state index in [1.54, 1.807) is 32.4 Å². The van der Waals surface area contributed by atoms with Crippen LogP contribution in [-0.4, -0.2) is 25.9 Å². The lowest BCUT2D eigenvalue weighted by atomic mass is 10.1. The van der Waals surface area contributed by atoms with E-state index in [0.717, 1.165) is 5.56 Å². The molecular weight excluding hydrogens is 218 g/mol. The number of ether oxygens (including phenoxy) is 2. The van der Waals surface area contributed by atoms with E-state index in [1.165, 1.54) is 0 Å². The third kappa shape index (κ3) is 3.58. The number of methoxy groups -OCH3 is 2. The van der Waals surface area contributed by atoms with Crippen molar-refractivity contribution in [2.75, 3.05) is 20.8 Å². The molecule has 0 aliphatic rings. The van der Waals surface area contributed by atoms with Gasteiger partial charge in [-0.15, -0.1) is 12.4 Å². The summed E-state index contributed by atoms with van der Waals surface area (Å²) in [6, 6.07) is 4.92. The molecule has 0 aliphatic heterocycles. The molecule has 0 unspecified atom stereocenters. The molecule has 0 radical (unpaired) electrons. The van der Waals surface area contributed by atoms with Gasteiger partial charge in [-0.1, -0.05) is 0 Å². The number of hydrogen-bond donors (Lipinski definition) is 2. The standard InChI is InChI=1S/C10H15NO3.ClH/c1-13-8-3-7(10(11)6-12)4-9(5-8)14-2;/h3-5,10,12H,6,11H2,1-2H3;1H/t10-;/m1./s1. The number of rotatable bonds is 4. The van der Waals surface area contributed by atoms with Crippen molar-refractivity contribution in [3.63, 3.8) is 0 Å². The summed E-state index contributed by atoms with van der Waals surface area (Å²) in [7, 11) is 3.14. The van der Waals surface area contributed by atoms with Crippen molar-refractivity contribution in [2.45, 2.75) is 6.04 Å². The van der Waals surface area contributed by atoms with Gasteiger partial charge in [-0.3, -0.25) is 0 Å². The lowest BCUT2D eigenvalue weighted by molar-refractivity contribution is 0.267. The van der Waals surface area contributed by atoms with Gasteiger partial charge in [-0.25, -0.2) is 0 Å². The van der Waals surface area contributed by atoms with Crippen LogP contribution in [0.5, 0.6) is 11.5 Å². The van der Waals surface area contributed by atoms with E-state index in [2.05, 4.69) is 0 Å². The Kier molecular flexibility index (Phi) is 6.08. The highest BCUT2D eigenvalue weighted by molar-refractivity contribution is 5.85. The highest BCUT2D eigenvalue weighted by atomic mass is 35.5. The fraction of sp³-hybridized carbons (Fsp3) is 0.400. The molecule has 0 saturated carbocycles. The smallest absolute Gasteiger partial charge is 0.122 e. The lowest BCUT2D eigenvalue weighted by Gasteiger charge is -2.12. The molecule has 1 aromatic rings. The Morgan fingerprint density at radius 3 is 2.00 bits per heavy atom. The average Bonchev–Trinajstić information content (AvgIpc) is 2.27. The Balaban J connectivity index is 0.00000196. The SMILES string of the molecule is COc1cc(OC)cc([C@H](N)CO)c1.Cl. The maximum atomic E-state index is 8.91. The molecule has 15 heavy (non-hydrogen) atoms. The Bertz CT molecular complexity index is 284. The number of aliphatic hydroxyl groups excluding tert-OH is 1. The second-order valence-electron chi connectivity index (χ2n) is 2.94. The van der Waals surface area contributed by atoms with Crippen molar-refractivity contribution in [3.05, 3.63) is 23.8 Å². The van der Waals surface area contributed by atoms with Gasteiger partial charge in [0.15, 0.2) is 0 Å². The Hall–Kier alpha value is -0.970. The first-order valence-electron chi connectivity index (χ1n) is 4.30. The van der Waals surface area contributed by atoms with E-state index in [0.29, 0.717) is 11.5 Å². The minimum absolute atomic E-state index is 0. The van der Waals surface area contributed by atoms with Crippen molar-refractivity contribution in [3.8, 4) is 11.5 Å². The summed E-state index contributed by atoms with van der Waals surface area (Å²) in [4.78, 5) is 0. The maximum Gasteiger partial charge on any atom is 0.122 e. The van der Waals surface area contributed by atoms with Crippen LogP contribution in [0.1, 0.15) is 11.6 Å². The molecular formula is C10H16ClNO3. The van der Waals surface area contributed by atoms with Gasteiger partial charge in [0, 0.05) is 6.07 Å². The predicted octanol–water partition coefficient (Wildman–Crippen LogP) is 1.12. The number of benzene rings is 1. The predicted molar refractivity (Wildman–Crippen MR) is 60.8 cm³/mol. The van der Waals surface area contributed by atoms with Crippen LogP contribution in [-0.2, 0) is 0 Å². The van der Waals surface area contributed by atoms with Crippen molar-refractivity contribution in [1.82, 2.24) is 0 Å². The first kappa shape index (κ1) is 14.0. The van der Waals surface area contributed by atoms with Gasteiger partial charge in [0.25, 0.3) is 0 Å². The summed E-state index contributed by atoms with van der Waals surface area (Å²) in [5.74, 6) is 1.34. The van der Waals surface area contributed by atoms with Crippen LogP contribution in [0.25, 0.3) is 0 Å². The van der Waals surface area contributed by atoms with Crippen molar-refractivity contribution < 1.29 is 14.6 Å². The molecule has 0 aromatic heterocycles. The van der Waals surface area contributed by atoms with E-state index < -0.39 is 6.04 Å². The zero-order valence-electron chi connectivity index (χ0n) is 8.77. The van der Waals surface area contributed by atoms with E-state index in [9.17, 15) is 0 Å². The molecule has 4 nitrogen and oxygen atoms in total. The Labute approximate surface area is 95.4 Å². The summed E-state index contributed by atoms with van der Waals surface area (Å²) < 4.78 is 10.1. The van der Waals surface area contributed by atoms with Gasteiger partial charge in [0.05, 0.1) is 26.9 Å². The first-order valence-corrected chi connectivity index (χ1v) is 4.30. The molecule has 3 N–H and O–H groups in total. The van der Waals surface area contributed by atoms with Gasteiger partial charge in [-0.2, -0.15) is 0 Å². The summed E-state index contributed by atoms with van der Waals surface area (Å²) in [6.07, 6.45) is 0. The van der Waals surface area contributed by atoms with Crippen molar-refractivity contribution >= 4 is 12.4 Å². The third-order valence-electron chi connectivity index (χ3n) is 2.00. The second kappa shape index (κ2) is 6.50. The summed E-state index contributed by atoms with van der Waals surface area (Å²) in [5.41, 5.74) is 6.48. The maximum absolute atomic E-state index is 8.91. The molecule has 0 amide bonds. The minimum atomic E-state index is -0.404. The van der Waals surface area contributed by atoms with E-state index in [-0.39, 0.29) is 19.0 Å². The van der Waals surface area contributed by atoms with Gasteiger partial charge < -0.3 is 20.3 Å². The first-order chi connectivity index (χ1) is 6.71. The fourth-order valence-electron chi connectivity index (χ4n) is 1.15. The third-order valence-corrected chi connectivity index (χ3v) is 2.00. The monoisotopic (exact) mass is 233 g/mol. The molecule has 0 bridgehead atoms.